The molecule has 5 rings (SSSR count). The van der Waals surface area contributed by atoms with E-state index in [-0.39, 0.29) is 49.8 Å². The van der Waals surface area contributed by atoms with Crippen LogP contribution in [0, 0.1) is 9.49 Å². The Labute approximate surface area is 261 Å². The molecule has 4 N–H and O–H groups in total. The number of amides is 2. The number of benzene rings is 2. The van der Waals surface area contributed by atoms with E-state index in [9.17, 15) is 29.7 Å². The summed E-state index contributed by atoms with van der Waals surface area (Å²) in [5.41, 5.74) is 0.257. The molecule has 2 aliphatic rings. The van der Waals surface area contributed by atoms with E-state index in [1.54, 1.807) is 36.4 Å². The zero-order valence-electron chi connectivity index (χ0n) is 23.5. The largest absolute Gasteiger partial charge is 0.493 e. The molecule has 0 bridgehead atoms. The molecular formula is C31H33IN2O9. The van der Waals surface area contributed by atoms with Gasteiger partial charge in [-0.3, -0.25) is 9.59 Å². The number of rotatable bonds is 11. The number of aliphatic hydroxyl groups excluding tert-OH is 3. The molecule has 1 heterocycles. The minimum absolute atomic E-state index is 0.00661. The maximum Gasteiger partial charge on any atom is 0.349 e. The number of ether oxygens (including phenoxy) is 2. The molecule has 3 atom stereocenters. The van der Waals surface area contributed by atoms with Crippen LogP contribution in [0.4, 0.5) is 0 Å². The molecule has 12 heteroatoms. The van der Waals surface area contributed by atoms with Crippen LogP contribution in [0.25, 0.3) is 11.0 Å². The predicted molar refractivity (Wildman–Crippen MR) is 165 cm³/mol. The minimum Gasteiger partial charge on any atom is -0.493 e. The van der Waals surface area contributed by atoms with E-state index < -0.39 is 35.7 Å². The maximum atomic E-state index is 14.1. The Bertz CT molecular complexity index is 1600. The van der Waals surface area contributed by atoms with Crippen LogP contribution in [0.5, 0.6) is 11.5 Å². The molecule has 0 spiro atoms. The van der Waals surface area contributed by atoms with Gasteiger partial charge in [0.1, 0.15) is 23.4 Å². The number of methoxy groups -OCH3 is 1. The number of nitrogens with one attached hydrogen (secondary N) is 1. The number of hydrogen-bond donors (Lipinski definition) is 4. The first-order valence-corrected chi connectivity index (χ1v) is 15.1. The van der Waals surface area contributed by atoms with Crippen molar-refractivity contribution in [3.05, 3.63) is 79.2 Å². The van der Waals surface area contributed by atoms with Crippen LogP contribution in [0.2, 0.25) is 0 Å². The average molecular weight is 705 g/mol. The number of carbonyl (C=O) groups excluding carboxylic acids is 2. The Morgan fingerprint density at radius 2 is 1.93 bits per heavy atom. The number of fused-ring (bicyclic) bond motifs is 1. The smallest absolute Gasteiger partial charge is 0.349 e. The molecule has 1 aromatic heterocycles. The highest BCUT2D eigenvalue weighted by atomic mass is 127. The molecule has 0 radical (unpaired) electrons. The number of carbonyl (C=O) groups is 2. The molecule has 2 amide bonds. The number of aliphatic hydroxyl groups is 3. The zero-order chi connectivity index (χ0) is 30.7. The summed E-state index contributed by atoms with van der Waals surface area (Å²) < 4.78 is 17.8. The normalized spacial score (nSPS) is 19.9. The quantitative estimate of drug-likeness (QED) is 0.174. The Balaban J connectivity index is 1.54. The van der Waals surface area contributed by atoms with Crippen LogP contribution < -0.4 is 20.4 Å². The van der Waals surface area contributed by atoms with E-state index in [1.165, 1.54) is 24.2 Å². The Morgan fingerprint density at radius 3 is 2.63 bits per heavy atom. The summed E-state index contributed by atoms with van der Waals surface area (Å²) in [6.07, 6.45) is 0.915. The molecule has 2 aliphatic carbocycles. The zero-order valence-corrected chi connectivity index (χ0v) is 25.7. The lowest BCUT2D eigenvalue weighted by Crippen LogP contribution is -2.56. The molecule has 1 saturated carbocycles. The van der Waals surface area contributed by atoms with Gasteiger partial charge in [0.05, 0.1) is 29.9 Å². The second kappa shape index (κ2) is 13.5. The summed E-state index contributed by atoms with van der Waals surface area (Å²) in [5, 5.41) is 33.8. The highest BCUT2D eigenvalue weighted by Gasteiger charge is 2.43. The van der Waals surface area contributed by atoms with Gasteiger partial charge in [0.25, 0.3) is 5.91 Å². The lowest BCUT2D eigenvalue weighted by atomic mass is 9.87. The topological polar surface area (TPSA) is 159 Å². The van der Waals surface area contributed by atoms with Crippen molar-refractivity contribution >= 4 is 45.4 Å². The van der Waals surface area contributed by atoms with Crippen molar-refractivity contribution < 1.29 is 38.8 Å². The highest BCUT2D eigenvalue weighted by Crippen LogP contribution is 2.38. The van der Waals surface area contributed by atoms with Crippen molar-refractivity contribution in [2.24, 2.45) is 5.92 Å². The molecule has 228 valence electrons. The lowest BCUT2D eigenvalue weighted by molar-refractivity contribution is -0.118. The van der Waals surface area contributed by atoms with Gasteiger partial charge < -0.3 is 39.4 Å². The van der Waals surface area contributed by atoms with Crippen molar-refractivity contribution in [2.75, 3.05) is 26.8 Å². The summed E-state index contributed by atoms with van der Waals surface area (Å²) in [5.74, 6) is -0.268. The second-order valence-electron chi connectivity index (χ2n) is 10.7. The predicted octanol–water partition coefficient (Wildman–Crippen LogP) is 2.37. The van der Waals surface area contributed by atoms with Gasteiger partial charge in [-0.05, 0) is 77.3 Å². The van der Waals surface area contributed by atoms with E-state index in [4.69, 9.17) is 13.9 Å². The van der Waals surface area contributed by atoms with Gasteiger partial charge in [0, 0.05) is 30.5 Å². The molecular weight excluding hydrogens is 671 g/mol. The van der Waals surface area contributed by atoms with Gasteiger partial charge in [-0.15, -0.1) is 0 Å². The summed E-state index contributed by atoms with van der Waals surface area (Å²) in [4.78, 5) is 41.6. The van der Waals surface area contributed by atoms with Crippen LogP contribution >= 0.6 is 22.6 Å². The van der Waals surface area contributed by atoms with Gasteiger partial charge in [0.15, 0.2) is 11.5 Å². The monoisotopic (exact) mass is 704 g/mol. The fourth-order valence-corrected chi connectivity index (χ4v) is 6.00. The first kappa shape index (κ1) is 31.0. The van der Waals surface area contributed by atoms with Crippen LogP contribution in [0.15, 0.2) is 63.3 Å². The Kier molecular flexibility index (Phi) is 9.69. The van der Waals surface area contributed by atoms with E-state index in [0.717, 1.165) is 12.8 Å². The molecule has 3 unspecified atom stereocenters. The summed E-state index contributed by atoms with van der Waals surface area (Å²) in [7, 11) is 1.45. The standard InChI is InChI=1S/C31H33IN2O9/c1-41-26-11-18(16-36)10-22(32)28(26)42-25-14-20(29(38)33-8-9-35)13-23(27(25)37)34(15-17-6-7-17)30(39)21-12-19-4-2-3-5-24(19)43-31(21)40/h2-5,10-12,14,17,23,25,27,35-37H,6-9,13,15-16H2,1H3,(H,33,38). The highest BCUT2D eigenvalue weighted by molar-refractivity contribution is 14.1. The van der Waals surface area contributed by atoms with Gasteiger partial charge in [0.2, 0.25) is 5.91 Å². The molecule has 0 saturated heterocycles. The Hall–Kier alpha value is -3.46. The lowest BCUT2D eigenvalue weighted by Gasteiger charge is -2.40. The van der Waals surface area contributed by atoms with Crippen molar-refractivity contribution in [1.82, 2.24) is 10.2 Å². The van der Waals surface area contributed by atoms with Gasteiger partial charge in [-0.25, -0.2) is 4.79 Å². The number of halogens is 1. The number of para-hydroxylation sites is 1. The second-order valence-corrected chi connectivity index (χ2v) is 11.8. The first-order chi connectivity index (χ1) is 20.7. The van der Waals surface area contributed by atoms with Crippen LogP contribution in [-0.4, -0.2) is 77.1 Å². The van der Waals surface area contributed by atoms with Crippen molar-refractivity contribution in [1.29, 1.82) is 0 Å². The maximum absolute atomic E-state index is 14.1. The van der Waals surface area contributed by atoms with E-state index >= 15 is 0 Å². The molecule has 2 aromatic carbocycles. The van der Waals surface area contributed by atoms with Gasteiger partial charge >= 0.3 is 5.63 Å². The van der Waals surface area contributed by atoms with Crippen LogP contribution in [0.1, 0.15) is 35.2 Å². The van der Waals surface area contributed by atoms with Crippen molar-refractivity contribution in [3.63, 3.8) is 0 Å². The van der Waals surface area contributed by atoms with Crippen LogP contribution in [-0.2, 0) is 11.4 Å². The van der Waals surface area contributed by atoms with E-state index in [1.807, 2.05) is 22.6 Å². The third-order valence-electron chi connectivity index (χ3n) is 7.62. The fourth-order valence-electron chi connectivity index (χ4n) is 5.21. The first-order valence-electron chi connectivity index (χ1n) is 14.0. The minimum atomic E-state index is -1.29. The average Bonchev–Trinajstić information content (AvgIpc) is 3.84. The summed E-state index contributed by atoms with van der Waals surface area (Å²) in [6, 6.07) is 10.8. The van der Waals surface area contributed by atoms with E-state index in [2.05, 4.69) is 5.32 Å². The van der Waals surface area contributed by atoms with Crippen molar-refractivity contribution in [2.45, 2.75) is 44.1 Å². The number of hydrogen-bond acceptors (Lipinski definition) is 9. The third-order valence-corrected chi connectivity index (χ3v) is 8.43. The molecule has 43 heavy (non-hydrogen) atoms. The van der Waals surface area contributed by atoms with Crippen LogP contribution in [0.3, 0.4) is 0 Å². The van der Waals surface area contributed by atoms with Gasteiger partial charge in [-0.1, -0.05) is 18.2 Å². The SMILES string of the molecule is COc1cc(CO)cc(I)c1OC1C=C(C(=O)NCCO)CC(N(CC2CC2)C(=O)c2cc3ccccc3oc2=O)C1O. The number of nitrogens with zero attached hydrogens (tertiary/aromatic N) is 1. The third kappa shape index (κ3) is 6.87. The molecule has 3 aromatic rings. The summed E-state index contributed by atoms with van der Waals surface area (Å²) in [6.45, 7) is -0.179. The molecule has 0 aliphatic heterocycles. The fraction of sp³-hybridized carbons (Fsp3) is 0.387. The summed E-state index contributed by atoms with van der Waals surface area (Å²) >= 11 is 2.03. The van der Waals surface area contributed by atoms with Crippen molar-refractivity contribution in [3.8, 4) is 11.5 Å². The Morgan fingerprint density at radius 1 is 1.16 bits per heavy atom. The van der Waals surface area contributed by atoms with E-state index in [0.29, 0.717) is 31.6 Å². The molecule has 11 nitrogen and oxygen atoms in total. The van der Waals surface area contributed by atoms with Gasteiger partial charge in [-0.2, -0.15) is 0 Å². The molecule has 1 fully saturated rings.